The van der Waals surface area contributed by atoms with Crippen LogP contribution in [-0.4, -0.2) is 12.1 Å². The molecule has 0 aromatic heterocycles. The van der Waals surface area contributed by atoms with Crippen molar-refractivity contribution < 1.29 is 35.1 Å². The van der Waals surface area contributed by atoms with E-state index >= 15 is 0 Å². The minimum atomic E-state index is -5.94. The first-order valence-electron chi connectivity index (χ1n) is 4.74. The standard InChI is InChI=1S/C10H7F8N.ClH/c11-8(12,10(16,17)18)7(19)5-2-1-3-6(4-5)9(13,14)15;/h1-4,7H,19H2;1H/t7-;/m1./s1. The van der Waals surface area contributed by atoms with Crippen molar-refractivity contribution in [1.82, 2.24) is 0 Å². The van der Waals surface area contributed by atoms with Gasteiger partial charge >= 0.3 is 18.3 Å². The zero-order valence-corrected chi connectivity index (χ0v) is 10.2. The molecule has 0 saturated heterocycles. The van der Waals surface area contributed by atoms with Crippen molar-refractivity contribution in [2.45, 2.75) is 24.3 Å². The highest BCUT2D eigenvalue weighted by Crippen LogP contribution is 2.43. The average Bonchev–Trinajstić information content (AvgIpc) is 2.25. The summed E-state index contributed by atoms with van der Waals surface area (Å²) in [6, 6.07) is -0.800. The van der Waals surface area contributed by atoms with Crippen LogP contribution in [-0.2, 0) is 6.18 Å². The summed E-state index contributed by atoms with van der Waals surface area (Å²) in [7, 11) is 0. The Balaban J connectivity index is 0.00000361. The Labute approximate surface area is 114 Å². The molecule has 0 heterocycles. The van der Waals surface area contributed by atoms with Crippen LogP contribution in [0.5, 0.6) is 0 Å². The van der Waals surface area contributed by atoms with E-state index in [1.54, 1.807) is 0 Å². The Morgan fingerprint density at radius 2 is 1.40 bits per heavy atom. The number of halogens is 9. The van der Waals surface area contributed by atoms with Crippen LogP contribution in [0, 0.1) is 0 Å². The number of alkyl halides is 8. The van der Waals surface area contributed by atoms with E-state index in [9.17, 15) is 35.1 Å². The fourth-order valence-electron chi connectivity index (χ4n) is 1.29. The van der Waals surface area contributed by atoms with Gasteiger partial charge in [0, 0.05) is 0 Å². The molecule has 0 bridgehead atoms. The predicted molar refractivity (Wildman–Crippen MR) is 56.6 cm³/mol. The van der Waals surface area contributed by atoms with Crippen LogP contribution < -0.4 is 5.73 Å². The van der Waals surface area contributed by atoms with Gasteiger partial charge in [-0.1, -0.05) is 12.1 Å². The molecule has 1 nitrogen and oxygen atoms in total. The lowest BCUT2D eigenvalue weighted by Gasteiger charge is -2.26. The lowest BCUT2D eigenvalue weighted by Crippen LogP contribution is -2.45. The van der Waals surface area contributed by atoms with Gasteiger partial charge < -0.3 is 5.73 Å². The first-order chi connectivity index (χ1) is 8.37. The summed E-state index contributed by atoms with van der Waals surface area (Å²) in [5.74, 6) is -5.32. The van der Waals surface area contributed by atoms with Gasteiger partial charge in [0.25, 0.3) is 0 Å². The highest BCUT2D eigenvalue weighted by Gasteiger charge is 2.61. The largest absolute Gasteiger partial charge is 0.455 e. The van der Waals surface area contributed by atoms with Gasteiger partial charge in [0.15, 0.2) is 0 Å². The molecular weight excluding hydrogens is 322 g/mol. The molecule has 0 amide bonds. The van der Waals surface area contributed by atoms with Crippen molar-refractivity contribution in [2.24, 2.45) is 5.73 Å². The number of rotatable bonds is 2. The molecule has 1 rings (SSSR count). The smallest absolute Gasteiger partial charge is 0.319 e. The van der Waals surface area contributed by atoms with Crippen molar-refractivity contribution >= 4 is 12.4 Å². The lowest BCUT2D eigenvalue weighted by atomic mass is 9.99. The number of benzene rings is 1. The van der Waals surface area contributed by atoms with Crippen molar-refractivity contribution in [3.8, 4) is 0 Å². The van der Waals surface area contributed by atoms with Crippen LogP contribution in [0.4, 0.5) is 35.1 Å². The average molecular weight is 330 g/mol. The predicted octanol–water partition coefficient (Wildman–Crippen LogP) is 4.32. The molecule has 1 aromatic rings. The van der Waals surface area contributed by atoms with Gasteiger partial charge in [-0.25, -0.2) is 0 Å². The van der Waals surface area contributed by atoms with E-state index < -0.39 is 35.4 Å². The molecule has 10 heteroatoms. The summed E-state index contributed by atoms with van der Waals surface area (Å²) in [4.78, 5) is 0. The second-order valence-corrected chi connectivity index (χ2v) is 3.72. The van der Waals surface area contributed by atoms with Crippen molar-refractivity contribution in [3.05, 3.63) is 35.4 Å². The number of hydrogen-bond acceptors (Lipinski definition) is 1. The second-order valence-electron chi connectivity index (χ2n) is 3.72. The highest BCUT2D eigenvalue weighted by atomic mass is 35.5. The fourth-order valence-corrected chi connectivity index (χ4v) is 1.29. The molecule has 0 aliphatic carbocycles. The third kappa shape index (κ3) is 3.72. The van der Waals surface area contributed by atoms with Crippen LogP contribution >= 0.6 is 12.4 Å². The van der Waals surface area contributed by atoms with E-state index in [0.29, 0.717) is 18.2 Å². The highest BCUT2D eigenvalue weighted by molar-refractivity contribution is 5.85. The minimum Gasteiger partial charge on any atom is -0.319 e. The zero-order chi connectivity index (χ0) is 15.1. The number of nitrogens with two attached hydrogens (primary N) is 1. The molecule has 0 fully saturated rings. The molecule has 20 heavy (non-hydrogen) atoms. The van der Waals surface area contributed by atoms with Crippen molar-refractivity contribution in [2.75, 3.05) is 0 Å². The first kappa shape index (κ1) is 18.9. The Morgan fingerprint density at radius 3 is 1.80 bits per heavy atom. The quantitative estimate of drug-likeness (QED) is 0.803. The molecule has 0 aliphatic heterocycles. The van der Waals surface area contributed by atoms with E-state index in [-0.39, 0.29) is 18.5 Å². The molecular formula is C10H8ClF8N. The van der Waals surface area contributed by atoms with Gasteiger partial charge in [0.2, 0.25) is 0 Å². The molecule has 116 valence electrons. The van der Waals surface area contributed by atoms with Gasteiger partial charge in [-0.05, 0) is 17.7 Å². The molecule has 2 N–H and O–H groups in total. The summed E-state index contributed by atoms with van der Waals surface area (Å²) in [5, 5.41) is 0. The molecule has 1 atom stereocenters. The molecule has 1 aromatic carbocycles. The van der Waals surface area contributed by atoms with Gasteiger partial charge in [0.1, 0.15) is 6.04 Å². The van der Waals surface area contributed by atoms with E-state index in [1.165, 1.54) is 0 Å². The topological polar surface area (TPSA) is 26.0 Å². The zero-order valence-electron chi connectivity index (χ0n) is 9.40. The van der Waals surface area contributed by atoms with Crippen LogP contribution in [0.25, 0.3) is 0 Å². The van der Waals surface area contributed by atoms with Crippen LogP contribution in [0.15, 0.2) is 24.3 Å². The summed E-state index contributed by atoms with van der Waals surface area (Å²) < 4.78 is 98.9. The van der Waals surface area contributed by atoms with Gasteiger partial charge in [-0.2, -0.15) is 35.1 Å². The molecule has 0 aliphatic rings. The van der Waals surface area contributed by atoms with Crippen LogP contribution in [0.1, 0.15) is 17.2 Å². The maximum Gasteiger partial charge on any atom is 0.455 e. The van der Waals surface area contributed by atoms with Gasteiger partial charge in [-0.3, -0.25) is 0 Å². The molecule has 0 spiro atoms. The normalized spacial score (nSPS) is 14.7. The second kappa shape index (κ2) is 5.72. The van der Waals surface area contributed by atoms with Crippen molar-refractivity contribution in [1.29, 1.82) is 0 Å². The minimum absolute atomic E-state index is 0. The lowest BCUT2D eigenvalue weighted by molar-refractivity contribution is -0.291. The summed E-state index contributed by atoms with van der Waals surface area (Å²) in [6.45, 7) is 0. The number of hydrogen-bond donors (Lipinski definition) is 1. The summed E-state index contributed by atoms with van der Waals surface area (Å²) >= 11 is 0. The third-order valence-corrected chi connectivity index (χ3v) is 2.34. The Kier molecular flexibility index (Phi) is 5.41. The maximum absolute atomic E-state index is 12.9. The van der Waals surface area contributed by atoms with E-state index in [2.05, 4.69) is 0 Å². The van der Waals surface area contributed by atoms with E-state index in [1.807, 2.05) is 0 Å². The molecule has 0 saturated carbocycles. The monoisotopic (exact) mass is 329 g/mol. The maximum atomic E-state index is 12.9. The fraction of sp³-hybridized carbons (Fsp3) is 0.400. The third-order valence-electron chi connectivity index (χ3n) is 2.34. The van der Waals surface area contributed by atoms with E-state index in [0.717, 1.165) is 0 Å². The molecule has 0 unspecified atom stereocenters. The van der Waals surface area contributed by atoms with Gasteiger partial charge in [0.05, 0.1) is 5.56 Å². The van der Waals surface area contributed by atoms with Gasteiger partial charge in [-0.15, -0.1) is 12.4 Å². The van der Waals surface area contributed by atoms with Crippen molar-refractivity contribution in [3.63, 3.8) is 0 Å². The van der Waals surface area contributed by atoms with Crippen LogP contribution in [0.3, 0.4) is 0 Å². The Morgan fingerprint density at radius 1 is 0.900 bits per heavy atom. The molecule has 0 radical (unpaired) electrons. The summed E-state index contributed by atoms with van der Waals surface area (Å²) in [6.07, 6.45) is -10.8. The Hall–Kier alpha value is -1.09. The van der Waals surface area contributed by atoms with E-state index in [4.69, 9.17) is 5.73 Å². The first-order valence-corrected chi connectivity index (χ1v) is 4.74. The summed E-state index contributed by atoms with van der Waals surface area (Å²) in [5.41, 5.74) is 2.44. The van der Waals surface area contributed by atoms with Crippen LogP contribution in [0.2, 0.25) is 0 Å². The Bertz CT molecular complexity index is 453. The SMILES string of the molecule is Cl.N[C@H](c1cccc(C(F)(F)F)c1)C(F)(F)C(F)(F)F.